The molecule has 0 spiro atoms. The molecule has 5 rings (SSSR count). The van der Waals surface area contributed by atoms with E-state index in [2.05, 4.69) is 4.98 Å². The Morgan fingerprint density at radius 1 is 1.06 bits per heavy atom. The summed E-state index contributed by atoms with van der Waals surface area (Å²) in [6.07, 6.45) is 3.31. The van der Waals surface area contributed by atoms with E-state index in [0.29, 0.717) is 30.3 Å². The van der Waals surface area contributed by atoms with Gasteiger partial charge in [-0.05, 0) is 42.3 Å². The van der Waals surface area contributed by atoms with Crippen molar-refractivity contribution in [3.8, 4) is 11.5 Å². The lowest BCUT2D eigenvalue weighted by molar-refractivity contribution is -0.140. The van der Waals surface area contributed by atoms with Gasteiger partial charge in [-0.2, -0.15) is 0 Å². The third kappa shape index (κ3) is 3.82. The Balaban J connectivity index is 1.63. The summed E-state index contributed by atoms with van der Waals surface area (Å²) in [6, 6.07) is 15.5. The summed E-state index contributed by atoms with van der Waals surface area (Å²) in [5.74, 6) is -0.573. The zero-order valence-electron chi connectivity index (χ0n) is 18.0. The summed E-state index contributed by atoms with van der Waals surface area (Å²) in [7, 11) is 0. The lowest BCUT2D eigenvalue weighted by atomic mass is 9.94. The molecule has 2 aromatic carbocycles. The van der Waals surface area contributed by atoms with Gasteiger partial charge in [-0.25, -0.2) is 0 Å². The van der Waals surface area contributed by atoms with Gasteiger partial charge in [0.1, 0.15) is 19.0 Å². The fraction of sp³-hybridized carbons (Fsp3) is 0.192. The molecule has 166 valence electrons. The van der Waals surface area contributed by atoms with Crippen LogP contribution in [0, 0.1) is 6.92 Å². The van der Waals surface area contributed by atoms with Gasteiger partial charge < -0.3 is 19.5 Å². The Labute approximate surface area is 190 Å². The first-order chi connectivity index (χ1) is 16.0. The van der Waals surface area contributed by atoms with E-state index in [1.807, 2.05) is 37.3 Å². The highest BCUT2D eigenvalue weighted by atomic mass is 16.6. The van der Waals surface area contributed by atoms with Crippen molar-refractivity contribution in [3.63, 3.8) is 0 Å². The van der Waals surface area contributed by atoms with Crippen molar-refractivity contribution in [2.75, 3.05) is 13.2 Å². The van der Waals surface area contributed by atoms with Crippen LogP contribution >= 0.6 is 0 Å². The molecule has 1 atom stereocenters. The zero-order chi connectivity index (χ0) is 22.9. The van der Waals surface area contributed by atoms with E-state index in [-0.39, 0.29) is 17.9 Å². The van der Waals surface area contributed by atoms with E-state index in [9.17, 15) is 14.7 Å². The first-order valence-electron chi connectivity index (χ1n) is 10.7. The molecule has 3 aromatic rings. The third-order valence-corrected chi connectivity index (χ3v) is 5.82. The van der Waals surface area contributed by atoms with Crippen molar-refractivity contribution in [3.05, 3.63) is 94.8 Å². The summed E-state index contributed by atoms with van der Waals surface area (Å²) in [4.78, 5) is 31.9. The van der Waals surface area contributed by atoms with Crippen LogP contribution in [-0.2, 0) is 16.1 Å². The molecule has 3 heterocycles. The van der Waals surface area contributed by atoms with E-state index >= 15 is 0 Å². The van der Waals surface area contributed by atoms with Gasteiger partial charge in [0.15, 0.2) is 11.5 Å². The summed E-state index contributed by atoms with van der Waals surface area (Å²) in [6.45, 7) is 3.00. The standard InChI is InChI=1S/C26H22N2O5/c1-16-4-6-18(7-5-16)23-22(24(29)19-8-9-20-21(13-19)33-12-11-32-20)25(30)26(31)28(23)15-17-3-2-10-27-14-17/h2-10,13-14,23,29H,11-12,15H2,1H3/b24-22+/t23-/m0/s1. The summed E-state index contributed by atoms with van der Waals surface area (Å²) >= 11 is 0. The smallest absolute Gasteiger partial charge is 0.295 e. The van der Waals surface area contributed by atoms with Crippen molar-refractivity contribution in [1.29, 1.82) is 0 Å². The van der Waals surface area contributed by atoms with Crippen LogP contribution in [-0.4, -0.2) is 39.9 Å². The number of likely N-dealkylation sites (tertiary alicyclic amines) is 1. The SMILES string of the molecule is Cc1ccc([C@H]2/C(=C(\O)c3ccc4c(c3)OCCO4)C(=O)C(=O)N2Cc2cccnc2)cc1. The number of aliphatic hydroxyl groups excluding tert-OH is 1. The maximum atomic E-state index is 13.2. The molecule has 33 heavy (non-hydrogen) atoms. The molecular weight excluding hydrogens is 420 g/mol. The van der Waals surface area contributed by atoms with Crippen LogP contribution < -0.4 is 9.47 Å². The fourth-order valence-electron chi connectivity index (χ4n) is 4.17. The van der Waals surface area contributed by atoms with E-state index < -0.39 is 17.7 Å². The number of nitrogens with zero attached hydrogens (tertiary/aromatic N) is 2. The van der Waals surface area contributed by atoms with E-state index in [0.717, 1.165) is 16.7 Å². The van der Waals surface area contributed by atoms with Crippen molar-refractivity contribution >= 4 is 17.4 Å². The third-order valence-electron chi connectivity index (χ3n) is 5.82. The maximum Gasteiger partial charge on any atom is 0.295 e. The number of aliphatic hydroxyl groups is 1. The molecule has 1 saturated heterocycles. The molecule has 7 nitrogen and oxygen atoms in total. The number of carbonyl (C=O) groups is 2. The molecule has 0 radical (unpaired) electrons. The number of aryl methyl sites for hydroxylation is 1. The Hall–Kier alpha value is -4.13. The largest absolute Gasteiger partial charge is 0.507 e. The van der Waals surface area contributed by atoms with Crippen LogP contribution in [0.1, 0.15) is 28.3 Å². The van der Waals surface area contributed by atoms with Crippen molar-refractivity contribution in [2.24, 2.45) is 0 Å². The molecule has 0 unspecified atom stereocenters. The highest BCUT2D eigenvalue weighted by molar-refractivity contribution is 6.46. The second kappa shape index (κ2) is 8.43. The lowest BCUT2D eigenvalue weighted by Crippen LogP contribution is -2.29. The molecule has 1 fully saturated rings. The molecule has 0 saturated carbocycles. The average molecular weight is 442 g/mol. The number of ketones is 1. The Kier molecular flexibility index (Phi) is 5.30. The van der Waals surface area contributed by atoms with E-state index in [1.54, 1.807) is 36.7 Å². The maximum absolute atomic E-state index is 13.2. The number of Topliss-reactive ketones (excluding diaryl/α,β-unsaturated/α-hetero) is 1. The molecule has 1 amide bonds. The molecule has 0 aliphatic carbocycles. The first kappa shape index (κ1) is 20.8. The lowest BCUT2D eigenvalue weighted by Gasteiger charge is -2.25. The predicted molar refractivity (Wildman–Crippen MR) is 121 cm³/mol. The minimum atomic E-state index is -0.737. The Morgan fingerprint density at radius 2 is 1.82 bits per heavy atom. The van der Waals surface area contributed by atoms with Crippen molar-refractivity contribution in [1.82, 2.24) is 9.88 Å². The molecule has 2 aliphatic heterocycles. The number of benzene rings is 2. The summed E-state index contributed by atoms with van der Waals surface area (Å²) < 4.78 is 11.2. The van der Waals surface area contributed by atoms with Gasteiger partial charge in [-0.15, -0.1) is 0 Å². The number of hydrogen-bond acceptors (Lipinski definition) is 6. The van der Waals surface area contributed by atoms with Crippen LogP contribution in [0.5, 0.6) is 11.5 Å². The van der Waals surface area contributed by atoms with Gasteiger partial charge in [0.05, 0.1) is 11.6 Å². The zero-order valence-corrected chi connectivity index (χ0v) is 18.0. The van der Waals surface area contributed by atoms with E-state index in [4.69, 9.17) is 9.47 Å². The normalized spacial score (nSPS) is 19.1. The average Bonchev–Trinajstić information content (AvgIpc) is 3.09. The van der Waals surface area contributed by atoms with Crippen LogP contribution in [0.3, 0.4) is 0 Å². The number of fused-ring (bicyclic) bond motifs is 1. The Bertz CT molecular complexity index is 1250. The topological polar surface area (TPSA) is 89.0 Å². The summed E-state index contributed by atoms with van der Waals surface area (Å²) in [5.41, 5.74) is 3.01. The Morgan fingerprint density at radius 3 is 2.55 bits per heavy atom. The van der Waals surface area contributed by atoms with Gasteiger partial charge in [0.2, 0.25) is 0 Å². The number of ether oxygens (including phenoxy) is 2. The molecule has 2 aliphatic rings. The first-order valence-corrected chi connectivity index (χ1v) is 10.7. The van der Waals surface area contributed by atoms with Crippen LogP contribution in [0.15, 0.2) is 72.6 Å². The van der Waals surface area contributed by atoms with Gasteiger partial charge in [-0.1, -0.05) is 35.9 Å². The number of pyridine rings is 1. The molecule has 0 bridgehead atoms. The van der Waals surface area contributed by atoms with E-state index in [1.165, 1.54) is 4.90 Å². The number of amides is 1. The second-order valence-corrected chi connectivity index (χ2v) is 8.06. The van der Waals surface area contributed by atoms with Gasteiger partial charge in [0.25, 0.3) is 11.7 Å². The fourth-order valence-corrected chi connectivity index (χ4v) is 4.17. The molecule has 7 heteroatoms. The highest BCUT2D eigenvalue weighted by Crippen LogP contribution is 2.41. The van der Waals surface area contributed by atoms with Crippen LogP contribution in [0.25, 0.3) is 5.76 Å². The monoisotopic (exact) mass is 442 g/mol. The number of rotatable bonds is 4. The minimum Gasteiger partial charge on any atom is -0.507 e. The number of carbonyl (C=O) groups excluding carboxylic acids is 2. The molecule has 1 N–H and O–H groups in total. The van der Waals surface area contributed by atoms with Gasteiger partial charge in [0, 0.05) is 24.5 Å². The van der Waals surface area contributed by atoms with Crippen LogP contribution in [0.2, 0.25) is 0 Å². The van der Waals surface area contributed by atoms with Crippen molar-refractivity contribution in [2.45, 2.75) is 19.5 Å². The quantitative estimate of drug-likeness (QED) is 0.376. The number of hydrogen-bond donors (Lipinski definition) is 1. The van der Waals surface area contributed by atoms with Crippen molar-refractivity contribution < 1.29 is 24.2 Å². The van der Waals surface area contributed by atoms with Gasteiger partial charge >= 0.3 is 0 Å². The predicted octanol–water partition coefficient (Wildman–Crippen LogP) is 3.78. The highest BCUT2D eigenvalue weighted by Gasteiger charge is 2.46. The van der Waals surface area contributed by atoms with Gasteiger partial charge in [-0.3, -0.25) is 14.6 Å². The number of aromatic nitrogens is 1. The molecular formula is C26H22N2O5. The summed E-state index contributed by atoms with van der Waals surface area (Å²) in [5, 5.41) is 11.3. The minimum absolute atomic E-state index is 0.0458. The van der Waals surface area contributed by atoms with Crippen LogP contribution in [0.4, 0.5) is 0 Å². The second-order valence-electron chi connectivity index (χ2n) is 8.06. The molecule has 1 aromatic heterocycles.